The van der Waals surface area contributed by atoms with E-state index in [2.05, 4.69) is 30.4 Å². The molecule has 142 valence electrons. The van der Waals surface area contributed by atoms with Crippen molar-refractivity contribution in [1.82, 2.24) is 10.2 Å². The highest BCUT2D eigenvalue weighted by molar-refractivity contribution is 5.96. The Balaban J connectivity index is 1.71. The minimum Gasteiger partial charge on any atom is -0.350 e. The number of nitrogens with zero attached hydrogens (tertiary/aromatic N) is 2. The number of carbonyl (C=O) groups is 2. The summed E-state index contributed by atoms with van der Waals surface area (Å²) in [5, 5.41) is 2.88. The SMILES string of the molecule is Cc1cccc(CN2CCCN(c3ccc(C(=O)NC(C)C)cc3)C2=O)c1. The molecule has 27 heavy (non-hydrogen) atoms. The largest absolute Gasteiger partial charge is 0.350 e. The van der Waals surface area contributed by atoms with E-state index in [9.17, 15) is 9.59 Å². The summed E-state index contributed by atoms with van der Waals surface area (Å²) in [6.07, 6.45) is 0.924. The molecular formula is C22H27N3O2. The summed E-state index contributed by atoms with van der Waals surface area (Å²) in [6, 6.07) is 15.6. The maximum absolute atomic E-state index is 13.0. The molecule has 3 amide bonds. The Hall–Kier alpha value is -2.82. The molecule has 0 saturated carbocycles. The second-order valence-electron chi connectivity index (χ2n) is 7.37. The van der Waals surface area contributed by atoms with Gasteiger partial charge in [-0.25, -0.2) is 4.79 Å². The van der Waals surface area contributed by atoms with Crippen molar-refractivity contribution < 1.29 is 9.59 Å². The highest BCUT2D eigenvalue weighted by Crippen LogP contribution is 2.22. The second kappa shape index (κ2) is 8.25. The summed E-state index contributed by atoms with van der Waals surface area (Å²) in [5.74, 6) is -0.0948. The molecule has 0 atom stereocenters. The average Bonchev–Trinajstić information content (AvgIpc) is 2.63. The molecule has 3 rings (SSSR count). The number of hydrogen-bond donors (Lipinski definition) is 1. The zero-order chi connectivity index (χ0) is 19.4. The van der Waals surface area contributed by atoms with Gasteiger partial charge in [-0.3, -0.25) is 9.69 Å². The van der Waals surface area contributed by atoms with Gasteiger partial charge in [-0.1, -0.05) is 29.8 Å². The number of nitrogens with one attached hydrogen (secondary N) is 1. The molecule has 0 aliphatic carbocycles. The van der Waals surface area contributed by atoms with Gasteiger partial charge in [0.2, 0.25) is 0 Å². The Morgan fingerprint density at radius 3 is 2.52 bits per heavy atom. The van der Waals surface area contributed by atoms with Crippen LogP contribution in [0.3, 0.4) is 0 Å². The number of amides is 3. The molecule has 5 heteroatoms. The van der Waals surface area contributed by atoms with E-state index >= 15 is 0 Å². The van der Waals surface area contributed by atoms with Gasteiger partial charge in [0.05, 0.1) is 0 Å². The lowest BCUT2D eigenvalue weighted by molar-refractivity contribution is 0.0943. The number of aryl methyl sites for hydroxylation is 1. The molecule has 1 heterocycles. The molecule has 0 bridgehead atoms. The van der Waals surface area contributed by atoms with E-state index in [1.807, 2.05) is 36.9 Å². The van der Waals surface area contributed by atoms with Gasteiger partial charge in [-0.15, -0.1) is 0 Å². The molecule has 1 aliphatic rings. The van der Waals surface area contributed by atoms with Gasteiger partial charge >= 0.3 is 6.03 Å². The lowest BCUT2D eigenvalue weighted by atomic mass is 10.1. The third-order valence-corrected chi connectivity index (χ3v) is 4.63. The Morgan fingerprint density at radius 2 is 1.85 bits per heavy atom. The normalized spacial score (nSPS) is 14.6. The summed E-state index contributed by atoms with van der Waals surface area (Å²) < 4.78 is 0. The standard InChI is InChI=1S/C22H27N3O2/c1-16(2)23-21(26)19-8-10-20(11-9-19)25-13-5-12-24(22(25)27)15-18-7-4-6-17(3)14-18/h4,6-11,14,16H,5,12-13,15H2,1-3H3,(H,23,26). The quantitative estimate of drug-likeness (QED) is 0.872. The highest BCUT2D eigenvalue weighted by atomic mass is 16.2. The number of rotatable bonds is 5. The van der Waals surface area contributed by atoms with E-state index in [1.54, 1.807) is 17.0 Å². The van der Waals surface area contributed by atoms with E-state index in [0.29, 0.717) is 18.7 Å². The Morgan fingerprint density at radius 1 is 1.11 bits per heavy atom. The van der Waals surface area contributed by atoms with Crippen LogP contribution in [0, 0.1) is 6.92 Å². The number of anilines is 1. The third-order valence-electron chi connectivity index (χ3n) is 4.63. The molecule has 1 saturated heterocycles. The molecule has 1 N–H and O–H groups in total. The van der Waals surface area contributed by atoms with Crippen molar-refractivity contribution in [1.29, 1.82) is 0 Å². The topological polar surface area (TPSA) is 52.6 Å². The smallest absolute Gasteiger partial charge is 0.324 e. The van der Waals surface area contributed by atoms with Gasteiger partial charge in [0.15, 0.2) is 0 Å². The number of benzene rings is 2. The van der Waals surface area contributed by atoms with Gasteiger partial charge in [0.25, 0.3) is 5.91 Å². The Labute approximate surface area is 161 Å². The van der Waals surface area contributed by atoms with Crippen LogP contribution in [0.2, 0.25) is 0 Å². The first-order valence-electron chi connectivity index (χ1n) is 9.47. The Kier molecular flexibility index (Phi) is 5.79. The second-order valence-corrected chi connectivity index (χ2v) is 7.37. The van der Waals surface area contributed by atoms with Crippen molar-refractivity contribution in [3.05, 3.63) is 65.2 Å². The van der Waals surface area contributed by atoms with Crippen molar-refractivity contribution >= 4 is 17.6 Å². The van der Waals surface area contributed by atoms with Gasteiger partial charge in [0.1, 0.15) is 0 Å². The van der Waals surface area contributed by atoms with E-state index < -0.39 is 0 Å². The molecular weight excluding hydrogens is 338 g/mol. The number of hydrogen-bond acceptors (Lipinski definition) is 2. The molecule has 0 unspecified atom stereocenters. The zero-order valence-electron chi connectivity index (χ0n) is 16.2. The van der Waals surface area contributed by atoms with E-state index in [1.165, 1.54) is 5.56 Å². The maximum Gasteiger partial charge on any atom is 0.324 e. The van der Waals surface area contributed by atoms with Crippen molar-refractivity contribution in [2.24, 2.45) is 0 Å². The van der Waals surface area contributed by atoms with Crippen LogP contribution >= 0.6 is 0 Å². The summed E-state index contributed by atoms with van der Waals surface area (Å²) in [4.78, 5) is 28.7. The van der Waals surface area contributed by atoms with E-state index in [-0.39, 0.29) is 18.0 Å². The first-order chi connectivity index (χ1) is 12.9. The fourth-order valence-electron chi connectivity index (χ4n) is 3.34. The van der Waals surface area contributed by atoms with Gasteiger partial charge < -0.3 is 10.2 Å². The molecule has 5 nitrogen and oxygen atoms in total. The third kappa shape index (κ3) is 4.67. The number of carbonyl (C=O) groups excluding carboxylic acids is 2. The summed E-state index contributed by atoms with van der Waals surface area (Å²) >= 11 is 0. The van der Waals surface area contributed by atoms with Crippen LogP contribution in [0.15, 0.2) is 48.5 Å². The van der Waals surface area contributed by atoms with Crippen molar-refractivity contribution in [3.63, 3.8) is 0 Å². The minimum absolute atomic E-state index is 0.0159. The monoisotopic (exact) mass is 365 g/mol. The molecule has 2 aromatic carbocycles. The fraction of sp³-hybridized carbons (Fsp3) is 0.364. The summed E-state index contributed by atoms with van der Waals surface area (Å²) in [6.45, 7) is 8.00. The summed E-state index contributed by atoms with van der Waals surface area (Å²) in [7, 11) is 0. The molecule has 1 aliphatic heterocycles. The van der Waals surface area contributed by atoms with Crippen molar-refractivity contribution in [2.75, 3.05) is 18.0 Å². The first-order valence-corrected chi connectivity index (χ1v) is 9.47. The molecule has 2 aromatic rings. The zero-order valence-corrected chi connectivity index (χ0v) is 16.2. The predicted octanol–water partition coefficient (Wildman–Crippen LogP) is 3.97. The van der Waals surface area contributed by atoms with Crippen LogP contribution in [0.25, 0.3) is 0 Å². The molecule has 0 aromatic heterocycles. The van der Waals surface area contributed by atoms with E-state index in [0.717, 1.165) is 24.2 Å². The average molecular weight is 365 g/mol. The van der Waals surface area contributed by atoms with Crippen LogP contribution < -0.4 is 10.2 Å². The van der Waals surface area contributed by atoms with E-state index in [4.69, 9.17) is 0 Å². The fourth-order valence-corrected chi connectivity index (χ4v) is 3.34. The highest BCUT2D eigenvalue weighted by Gasteiger charge is 2.26. The molecule has 0 spiro atoms. The predicted molar refractivity (Wildman–Crippen MR) is 108 cm³/mol. The Bertz CT molecular complexity index is 815. The van der Waals surface area contributed by atoms with Crippen LogP contribution in [-0.2, 0) is 6.54 Å². The van der Waals surface area contributed by atoms with Crippen LogP contribution in [0.5, 0.6) is 0 Å². The maximum atomic E-state index is 13.0. The summed E-state index contributed by atoms with van der Waals surface area (Å²) in [5.41, 5.74) is 3.78. The lowest BCUT2D eigenvalue weighted by Crippen LogP contribution is -2.49. The van der Waals surface area contributed by atoms with Crippen molar-refractivity contribution in [3.8, 4) is 0 Å². The first kappa shape index (κ1) is 19.0. The minimum atomic E-state index is -0.0948. The molecule has 1 fully saturated rings. The van der Waals surface area contributed by atoms with Crippen LogP contribution in [0.4, 0.5) is 10.5 Å². The van der Waals surface area contributed by atoms with Crippen molar-refractivity contribution in [2.45, 2.75) is 39.8 Å². The van der Waals surface area contributed by atoms with Crippen LogP contribution in [0.1, 0.15) is 41.8 Å². The molecule has 0 radical (unpaired) electrons. The van der Waals surface area contributed by atoms with Gasteiger partial charge in [-0.2, -0.15) is 0 Å². The number of urea groups is 1. The van der Waals surface area contributed by atoms with Gasteiger partial charge in [-0.05, 0) is 57.0 Å². The van der Waals surface area contributed by atoms with Crippen LogP contribution in [-0.4, -0.2) is 36.0 Å². The lowest BCUT2D eigenvalue weighted by Gasteiger charge is -2.35. The van der Waals surface area contributed by atoms with Gasteiger partial charge in [0, 0.05) is 36.9 Å².